The summed E-state index contributed by atoms with van der Waals surface area (Å²) >= 11 is 0. The van der Waals surface area contributed by atoms with Gasteiger partial charge in [0, 0.05) is 7.05 Å². The van der Waals surface area contributed by atoms with Gasteiger partial charge in [-0.05, 0) is 25.5 Å². The lowest BCUT2D eigenvalue weighted by atomic mass is 10.2. The molecule has 5 nitrogen and oxygen atoms in total. The summed E-state index contributed by atoms with van der Waals surface area (Å²) in [5.41, 5.74) is 1.07. The minimum atomic E-state index is -0.213. The van der Waals surface area contributed by atoms with Crippen LogP contribution in [0, 0.1) is 6.92 Å². The number of aliphatic hydroxyl groups excluding tert-OH is 1. The van der Waals surface area contributed by atoms with E-state index in [9.17, 15) is 4.79 Å². The Labute approximate surface area is 114 Å². The van der Waals surface area contributed by atoms with Gasteiger partial charge in [-0.15, -0.1) is 0 Å². The van der Waals surface area contributed by atoms with Crippen LogP contribution in [-0.4, -0.2) is 48.9 Å². The lowest BCUT2D eigenvalue weighted by Gasteiger charge is -2.23. The summed E-state index contributed by atoms with van der Waals surface area (Å²) in [5.74, 6) is 0.828. The molecule has 2 amide bonds. The van der Waals surface area contributed by atoms with Gasteiger partial charge >= 0.3 is 6.03 Å². The van der Waals surface area contributed by atoms with E-state index in [0.29, 0.717) is 13.2 Å². The van der Waals surface area contributed by atoms with Crippen molar-refractivity contribution in [2.24, 2.45) is 0 Å². The summed E-state index contributed by atoms with van der Waals surface area (Å²) in [7, 11) is 1.65. The molecule has 1 rings (SSSR count). The molecule has 0 aliphatic rings. The summed E-state index contributed by atoms with van der Waals surface area (Å²) < 4.78 is 5.57. The topological polar surface area (TPSA) is 61.8 Å². The Bertz CT molecular complexity index is 409. The number of carbonyl (C=O) groups excluding carboxylic acids is 1. The lowest BCUT2D eigenvalue weighted by molar-refractivity contribution is 0.156. The van der Waals surface area contributed by atoms with E-state index in [0.717, 1.165) is 11.3 Å². The van der Waals surface area contributed by atoms with E-state index in [-0.39, 0.29) is 18.7 Å². The van der Waals surface area contributed by atoms with E-state index in [1.165, 1.54) is 4.90 Å². The molecule has 19 heavy (non-hydrogen) atoms. The Morgan fingerprint density at radius 2 is 2.16 bits per heavy atom. The van der Waals surface area contributed by atoms with Crippen LogP contribution in [0.4, 0.5) is 4.79 Å². The maximum atomic E-state index is 11.7. The van der Waals surface area contributed by atoms with Gasteiger partial charge in [0.25, 0.3) is 0 Å². The molecule has 0 aliphatic heterocycles. The fourth-order valence-corrected chi connectivity index (χ4v) is 1.48. The molecule has 0 spiro atoms. The van der Waals surface area contributed by atoms with E-state index in [4.69, 9.17) is 9.84 Å². The van der Waals surface area contributed by atoms with Gasteiger partial charge in [0.2, 0.25) is 0 Å². The Morgan fingerprint density at radius 3 is 2.79 bits per heavy atom. The first kappa shape index (κ1) is 15.3. The lowest BCUT2D eigenvalue weighted by Crippen LogP contribution is -2.44. The monoisotopic (exact) mass is 266 g/mol. The number of benzene rings is 1. The quantitative estimate of drug-likeness (QED) is 0.765. The van der Waals surface area contributed by atoms with Crippen LogP contribution in [0.1, 0.15) is 12.5 Å². The standard InChI is InChI=1S/C14H22N2O3/c1-11-6-4-5-7-13(11)19-9-8-15-14(18)16(3)12(2)10-17/h4-7,12,17H,8-10H2,1-3H3,(H,15,18). The molecule has 0 aliphatic carbocycles. The number of carbonyl (C=O) groups is 1. The van der Waals surface area contributed by atoms with Gasteiger partial charge in [0.1, 0.15) is 12.4 Å². The molecule has 1 unspecified atom stereocenters. The summed E-state index contributed by atoms with van der Waals surface area (Å²) in [6.45, 7) is 4.55. The number of amides is 2. The minimum Gasteiger partial charge on any atom is -0.491 e. The zero-order valence-corrected chi connectivity index (χ0v) is 11.7. The molecule has 106 valence electrons. The van der Waals surface area contributed by atoms with Gasteiger partial charge in [-0.1, -0.05) is 18.2 Å². The first-order valence-electron chi connectivity index (χ1n) is 6.36. The molecule has 0 radical (unpaired) electrons. The second-order valence-corrected chi connectivity index (χ2v) is 4.49. The molecule has 1 aromatic rings. The van der Waals surface area contributed by atoms with E-state index < -0.39 is 0 Å². The van der Waals surface area contributed by atoms with E-state index in [1.807, 2.05) is 31.2 Å². The highest BCUT2D eigenvalue weighted by molar-refractivity contribution is 5.74. The third-order valence-electron chi connectivity index (χ3n) is 2.98. The smallest absolute Gasteiger partial charge is 0.317 e. The number of nitrogens with one attached hydrogen (secondary N) is 1. The Hall–Kier alpha value is -1.75. The van der Waals surface area contributed by atoms with Crippen LogP contribution in [0.15, 0.2) is 24.3 Å². The molecule has 0 saturated heterocycles. The van der Waals surface area contributed by atoms with Crippen LogP contribution < -0.4 is 10.1 Å². The van der Waals surface area contributed by atoms with Crippen molar-refractivity contribution >= 4 is 6.03 Å². The van der Waals surface area contributed by atoms with Crippen LogP contribution in [0.3, 0.4) is 0 Å². The summed E-state index contributed by atoms with van der Waals surface area (Å²) in [6, 6.07) is 7.33. The van der Waals surface area contributed by atoms with E-state index in [1.54, 1.807) is 14.0 Å². The first-order chi connectivity index (χ1) is 9.06. The molecule has 1 atom stereocenters. The van der Waals surface area contributed by atoms with Gasteiger partial charge in [0.15, 0.2) is 0 Å². The number of nitrogens with zero attached hydrogens (tertiary/aromatic N) is 1. The maximum absolute atomic E-state index is 11.7. The number of hydrogen-bond donors (Lipinski definition) is 2. The summed E-state index contributed by atoms with van der Waals surface area (Å²) in [6.07, 6.45) is 0. The SMILES string of the molecule is Cc1ccccc1OCCNC(=O)N(C)C(C)CO. The number of rotatable bonds is 6. The summed E-state index contributed by atoms with van der Waals surface area (Å²) in [4.78, 5) is 13.1. The largest absolute Gasteiger partial charge is 0.491 e. The molecule has 2 N–H and O–H groups in total. The third kappa shape index (κ3) is 4.79. The molecule has 0 heterocycles. The third-order valence-corrected chi connectivity index (χ3v) is 2.98. The number of likely N-dealkylation sites (N-methyl/N-ethyl adjacent to an activating group) is 1. The zero-order chi connectivity index (χ0) is 14.3. The average molecular weight is 266 g/mol. The van der Waals surface area contributed by atoms with Crippen molar-refractivity contribution in [3.8, 4) is 5.75 Å². The van der Waals surface area contributed by atoms with Crippen molar-refractivity contribution in [3.63, 3.8) is 0 Å². The number of para-hydroxylation sites is 1. The minimum absolute atomic E-state index is 0.0520. The van der Waals surface area contributed by atoms with Crippen LogP contribution in [0.5, 0.6) is 5.75 Å². The molecular weight excluding hydrogens is 244 g/mol. The van der Waals surface area contributed by atoms with Crippen LogP contribution in [0.2, 0.25) is 0 Å². The van der Waals surface area contributed by atoms with Crippen molar-refractivity contribution in [1.82, 2.24) is 10.2 Å². The molecular formula is C14H22N2O3. The molecule has 0 saturated carbocycles. The van der Waals surface area contributed by atoms with Gasteiger partial charge in [-0.3, -0.25) is 0 Å². The second kappa shape index (κ2) is 7.63. The number of aryl methyl sites for hydroxylation is 1. The molecule has 5 heteroatoms. The predicted molar refractivity (Wildman–Crippen MR) is 74.4 cm³/mol. The van der Waals surface area contributed by atoms with Gasteiger partial charge in [0.05, 0.1) is 19.2 Å². The second-order valence-electron chi connectivity index (χ2n) is 4.49. The fourth-order valence-electron chi connectivity index (χ4n) is 1.48. The van der Waals surface area contributed by atoms with Crippen molar-refractivity contribution in [1.29, 1.82) is 0 Å². The highest BCUT2D eigenvalue weighted by atomic mass is 16.5. The fraction of sp³-hybridized carbons (Fsp3) is 0.500. The number of aliphatic hydroxyl groups is 1. The number of urea groups is 1. The van der Waals surface area contributed by atoms with Gasteiger partial charge in [-0.25, -0.2) is 4.79 Å². The highest BCUT2D eigenvalue weighted by Gasteiger charge is 2.13. The Kier molecular flexibility index (Phi) is 6.15. The van der Waals surface area contributed by atoms with Gasteiger partial charge < -0.3 is 20.1 Å². The number of hydrogen-bond acceptors (Lipinski definition) is 3. The Morgan fingerprint density at radius 1 is 1.47 bits per heavy atom. The molecule has 0 bridgehead atoms. The molecule has 0 aromatic heterocycles. The maximum Gasteiger partial charge on any atom is 0.317 e. The normalized spacial score (nSPS) is 11.8. The first-order valence-corrected chi connectivity index (χ1v) is 6.36. The average Bonchev–Trinajstić information content (AvgIpc) is 2.43. The van der Waals surface area contributed by atoms with Crippen LogP contribution in [-0.2, 0) is 0 Å². The molecule has 1 aromatic carbocycles. The van der Waals surface area contributed by atoms with Crippen LogP contribution in [0.25, 0.3) is 0 Å². The van der Waals surface area contributed by atoms with E-state index in [2.05, 4.69) is 5.32 Å². The summed E-state index contributed by atoms with van der Waals surface area (Å²) in [5, 5.41) is 11.7. The zero-order valence-electron chi connectivity index (χ0n) is 11.7. The van der Waals surface area contributed by atoms with Crippen LogP contribution >= 0.6 is 0 Å². The van der Waals surface area contributed by atoms with Crippen molar-refractivity contribution in [2.75, 3.05) is 26.8 Å². The van der Waals surface area contributed by atoms with Crippen molar-refractivity contribution < 1.29 is 14.6 Å². The van der Waals surface area contributed by atoms with Crippen molar-refractivity contribution in [2.45, 2.75) is 19.9 Å². The predicted octanol–water partition coefficient (Wildman–Crippen LogP) is 1.40. The molecule has 0 fully saturated rings. The highest BCUT2D eigenvalue weighted by Crippen LogP contribution is 2.15. The van der Waals surface area contributed by atoms with E-state index >= 15 is 0 Å². The van der Waals surface area contributed by atoms with Crippen molar-refractivity contribution in [3.05, 3.63) is 29.8 Å². The number of ether oxygens (including phenoxy) is 1. The van der Waals surface area contributed by atoms with Gasteiger partial charge in [-0.2, -0.15) is 0 Å². The Balaban J connectivity index is 2.28.